The Balaban J connectivity index is 1.58. The van der Waals surface area contributed by atoms with Gasteiger partial charge < -0.3 is 10.1 Å². The zero-order chi connectivity index (χ0) is 16.1. The molecule has 1 N–H and O–H groups in total. The largest absolute Gasteiger partial charge is 0.368 e. The van der Waals surface area contributed by atoms with E-state index in [0.717, 1.165) is 29.0 Å². The normalized spacial score (nSPS) is 21.1. The molecule has 2 aromatic rings. The number of benzene rings is 1. The van der Waals surface area contributed by atoms with E-state index >= 15 is 0 Å². The van der Waals surface area contributed by atoms with Crippen molar-refractivity contribution < 1.29 is 9.53 Å². The molecule has 1 aliphatic rings. The van der Waals surface area contributed by atoms with Gasteiger partial charge in [0.15, 0.2) is 0 Å². The maximum atomic E-state index is 12.2. The fourth-order valence-electron chi connectivity index (χ4n) is 3.15. The molecule has 0 bridgehead atoms. The van der Waals surface area contributed by atoms with Crippen LogP contribution in [0.3, 0.4) is 0 Å². The number of hydrogen-bond acceptors (Lipinski definition) is 3. The highest BCUT2D eigenvalue weighted by molar-refractivity contribution is 7.13. The van der Waals surface area contributed by atoms with Crippen molar-refractivity contribution >= 4 is 22.9 Å². The first-order chi connectivity index (χ1) is 11.2. The summed E-state index contributed by atoms with van der Waals surface area (Å²) in [6, 6.07) is 12.0. The Hall–Kier alpha value is -1.65. The molecule has 1 aromatic heterocycles. The van der Waals surface area contributed by atoms with Crippen molar-refractivity contribution in [2.45, 2.75) is 38.7 Å². The fraction of sp³-hybridized carbons (Fsp3) is 0.421. The molecule has 1 amide bonds. The molecule has 1 aliphatic carbocycles. The minimum absolute atomic E-state index is 0.0766. The first kappa shape index (κ1) is 16.2. The quantitative estimate of drug-likeness (QED) is 0.843. The Morgan fingerprint density at radius 3 is 2.91 bits per heavy atom. The average molecular weight is 329 g/mol. The Morgan fingerprint density at radius 1 is 1.26 bits per heavy atom. The molecular weight excluding hydrogens is 306 g/mol. The summed E-state index contributed by atoms with van der Waals surface area (Å²) in [5, 5.41) is 5.04. The number of carbonyl (C=O) groups is 1. The van der Waals surface area contributed by atoms with Gasteiger partial charge in [-0.3, -0.25) is 4.79 Å². The first-order valence-corrected chi connectivity index (χ1v) is 9.14. The van der Waals surface area contributed by atoms with E-state index in [0.29, 0.717) is 5.92 Å². The predicted octanol–water partition coefficient (Wildman–Crippen LogP) is 4.95. The summed E-state index contributed by atoms with van der Waals surface area (Å²) >= 11 is 1.67. The van der Waals surface area contributed by atoms with Crippen molar-refractivity contribution in [3.63, 3.8) is 0 Å². The van der Waals surface area contributed by atoms with Crippen LogP contribution in [0.1, 0.15) is 32.6 Å². The standard InChI is InChI=1S/C19H23NO2S/c1-14-6-4-7-15(12-14)22-13-19(21)20-17-9-3-2-8-16(17)18-10-5-11-23-18/h2-3,5,8-11,14-15H,4,6-7,12-13H2,1H3,(H,20,21). The van der Waals surface area contributed by atoms with Crippen LogP contribution in [0.4, 0.5) is 5.69 Å². The topological polar surface area (TPSA) is 38.3 Å². The molecule has 0 spiro atoms. The zero-order valence-electron chi connectivity index (χ0n) is 13.5. The van der Waals surface area contributed by atoms with Crippen LogP contribution < -0.4 is 5.32 Å². The Morgan fingerprint density at radius 2 is 2.13 bits per heavy atom. The summed E-state index contributed by atoms with van der Waals surface area (Å²) in [5.74, 6) is 0.628. The lowest BCUT2D eigenvalue weighted by molar-refractivity contribution is -0.123. The van der Waals surface area contributed by atoms with Gasteiger partial charge in [0, 0.05) is 16.1 Å². The van der Waals surface area contributed by atoms with Gasteiger partial charge in [-0.25, -0.2) is 0 Å². The van der Waals surface area contributed by atoms with Gasteiger partial charge in [0.25, 0.3) is 0 Å². The first-order valence-electron chi connectivity index (χ1n) is 8.26. The summed E-state index contributed by atoms with van der Waals surface area (Å²) < 4.78 is 5.81. The van der Waals surface area contributed by atoms with Crippen LogP contribution in [0.25, 0.3) is 10.4 Å². The number of anilines is 1. The molecule has 23 heavy (non-hydrogen) atoms. The highest BCUT2D eigenvalue weighted by Crippen LogP contribution is 2.31. The van der Waals surface area contributed by atoms with Crippen LogP contribution in [-0.4, -0.2) is 18.6 Å². The lowest BCUT2D eigenvalue weighted by atomic mass is 9.89. The number of thiophene rings is 1. The molecular formula is C19H23NO2S. The summed E-state index contributed by atoms with van der Waals surface area (Å²) in [6.07, 6.45) is 4.86. The third-order valence-electron chi connectivity index (χ3n) is 4.33. The van der Waals surface area contributed by atoms with Crippen LogP contribution in [0.5, 0.6) is 0 Å². The van der Waals surface area contributed by atoms with Gasteiger partial charge in [-0.2, -0.15) is 0 Å². The molecule has 122 valence electrons. The molecule has 3 rings (SSSR count). The van der Waals surface area contributed by atoms with Crippen molar-refractivity contribution in [1.29, 1.82) is 0 Å². The summed E-state index contributed by atoms with van der Waals surface area (Å²) in [6.45, 7) is 2.39. The van der Waals surface area contributed by atoms with E-state index in [2.05, 4.69) is 18.3 Å². The van der Waals surface area contributed by atoms with Crippen LogP contribution in [-0.2, 0) is 9.53 Å². The van der Waals surface area contributed by atoms with Gasteiger partial charge in [0.1, 0.15) is 6.61 Å². The van der Waals surface area contributed by atoms with E-state index in [1.807, 2.05) is 35.7 Å². The highest BCUT2D eigenvalue weighted by Gasteiger charge is 2.20. The van der Waals surface area contributed by atoms with Gasteiger partial charge in [-0.15, -0.1) is 11.3 Å². The molecule has 0 saturated heterocycles. The second-order valence-corrected chi connectivity index (χ2v) is 7.22. The molecule has 1 heterocycles. The minimum atomic E-state index is -0.0766. The van der Waals surface area contributed by atoms with Crippen molar-refractivity contribution in [2.75, 3.05) is 11.9 Å². The SMILES string of the molecule is CC1CCCC(OCC(=O)Nc2ccccc2-c2cccs2)C1. The Labute approximate surface area is 141 Å². The molecule has 1 aromatic carbocycles. The summed E-state index contributed by atoms with van der Waals surface area (Å²) in [4.78, 5) is 13.4. The second-order valence-electron chi connectivity index (χ2n) is 6.28. The maximum Gasteiger partial charge on any atom is 0.250 e. The van der Waals surface area contributed by atoms with Crippen LogP contribution in [0, 0.1) is 5.92 Å². The predicted molar refractivity (Wildman–Crippen MR) is 95.8 cm³/mol. The number of amides is 1. The molecule has 1 fully saturated rings. The van der Waals surface area contributed by atoms with Gasteiger partial charge in [0.05, 0.1) is 6.10 Å². The van der Waals surface area contributed by atoms with E-state index in [-0.39, 0.29) is 18.6 Å². The van der Waals surface area contributed by atoms with Crippen LogP contribution in [0.2, 0.25) is 0 Å². The number of ether oxygens (including phenoxy) is 1. The van der Waals surface area contributed by atoms with Gasteiger partial charge in [0.2, 0.25) is 5.91 Å². The van der Waals surface area contributed by atoms with E-state index in [9.17, 15) is 4.79 Å². The lowest BCUT2D eigenvalue weighted by Gasteiger charge is -2.26. The number of rotatable bonds is 5. The van der Waals surface area contributed by atoms with Gasteiger partial charge in [-0.1, -0.05) is 44.0 Å². The van der Waals surface area contributed by atoms with Crippen LogP contribution >= 0.6 is 11.3 Å². The van der Waals surface area contributed by atoms with Crippen molar-refractivity contribution in [2.24, 2.45) is 5.92 Å². The smallest absolute Gasteiger partial charge is 0.250 e. The zero-order valence-corrected chi connectivity index (χ0v) is 14.3. The Kier molecular flexibility index (Phi) is 5.47. The minimum Gasteiger partial charge on any atom is -0.368 e. The number of nitrogens with one attached hydrogen (secondary N) is 1. The average Bonchev–Trinajstić information content (AvgIpc) is 3.08. The molecule has 0 radical (unpaired) electrons. The molecule has 2 unspecified atom stereocenters. The fourth-order valence-corrected chi connectivity index (χ4v) is 3.91. The lowest BCUT2D eigenvalue weighted by Crippen LogP contribution is -2.27. The third kappa shape index (κ3) is 4.43. The van der Waals surface area contributed by atoms with Gasteiger partial charge in [-0.05, 0) is 36.3 Å². The molecule has 3 nitrogen and oxygen atoms in total. The maximum absolute atomic E-state index is 12.2. The molecule has 2 atom stereocenters. The van der Waals surface area contributed by atoms with E-state index < -0.39 is 0 Å². The highest BCUT2D eigenvalue weighted by atomic mass is 32.1. The van der Waals surface area contributed by atoms with E-state index in [1.54, 1.807) is 11.3 Å². The van der Waals surface area contributed by atoms with Crippen LogP contribution in [0.15, 0.2) is 41.8 Å². The second kappa shape index (κ2) is 7.75. The summed E-state index contributed by atoms with van der Waals surface area (Å²) in [5.41, 5.74) is 1.91. The van der Waals surface area contributed by atoms with Crippen molar-refractivity contribution in [3.8, 4) is 10.4 Å². The number of hydrogen-bond donors (Lipinski definition) is 1. The monoisotopic (exact) mass is 329 g/mol. The molecule has 1 saturated carbocycles. The number of carbonyl (C=O) groups excluding carboxylic acids is 1. The van der Waals surface area contributed by atoms with Crippen molar-refractivity contribution in [3.05, 3.63) is 41.8 Å². The van der Waals surface area contributed by atoms with E-state index in [4.69, 9.17) is 4.74 Å². The third-order valence-corrected chi connectivity index (χ3v) is 5.23. The Bertz CT molecular complexity index is 639. The van der Waals surface area contributed by atoms with Gasteiger partial charge >= 0.3 is 0 Å². The van der Waals surface area contributed by atoms with E-state index in [1.165, 1.54) is 12.8 Å². The van der Waals surface area contributed by atoms with Crippen molar-refractivity contribution in [1.82, 2.24) is 0 Å². The number of para-hydroxylation sites is 1. The summed E-state index contributed by atoms with van der Waals surface area (Å²) in [7, 11) is 0. The molecule has 0 aliphatic heterocycles. The molecule has 4 heteroatoms.